The van der Waals surface area contributed by atoms with Crippen molar-refractivity contribution in [2.75, 3.05) is 31.1 Å². The van der Waals surface area contributed by atoms with E-state index in [2.05, 4.69) is 12.2 Å². The maximum atomic E-state index is 13.2. The molecule has 0 radical (unpaired) electrons. The number of carbonyl (C=O) groups excluding carboxylic acids is 2. The average Bonchev–Trinajstić information content (AvgIpc) is 2.85. The molecular formula is C26H33N3O4. The van der Waals surface area contributed by atoms with Gasteiger partial charge in [0, 0.05) is 25.6 Å². The van der Waals surface area contributed by atoms with Crippen molar-refractivity contribution in [3.8, 4) is 11.5 Å². The van der Waals surface area contributed by atoms with E-state index >= 15 is 0 Å². The number of anilines is 1. The van der Waals surface area contributed by atoms with Crippen molar-refractivity contribution in [1.29, 1.82) is 0 Å². The van der Waals surface area contributed by atoms with Crippen LogP contribution in [0.25, 0.3) is 0 Å². The molecule has 2 aliphatic rings. The molecule has 2 aliphatic heterocycles. The number of hydrogen-bond donors (Lipinski definition) is 1. The van der Waals surface area contributed by atoms with Gasteiger partial charge in [-0.15, -0.1) is 0 Å². The number of likely N-dealkylation sites (tertiary alicyclic amines) is 1. The van der Waals surface area contributed by atoms with Gasteiger partial charge in [0.1, 0.15) is 17.6 Å². The standard InChI is InChI=1S/C26H33N3O4/c1-3-16-32-22-10-8-20(9-11-22)17-27-25(30)21-12-14-28(15-13-21)26(31)29-18-19(2)33-24-7-5-4-6-23(24)29/h4-11,19,21H,3,12-18H2,1-2H3,(H,27,30). The summed E-state index contributed by atoms with van der Waals surface area (Å²) in [5.74, 6) is 1.57. The number of carbonyl (C=O) groups is 2. The molecule has 176 valence electrons. The van der Waals surface area contributed by atoms with E-state index in [9.17, 15) is 9.59 Å². The Balaban J connectivity index is 1.26. The van der Waals surface area contributed by atoms with Gasteiger partial charge in [0.15, 0.2) is 0 Å². The Hall–Kier alpha value is -3.22. The summed E-state index contributed by atoms with van der Waals surface area (Å²) in [4.78, 5) is 29.6. The largest absolute Gasteiger partial charge is 0.494 e. The van der Waals surface area contributed by atoms with E-state index in [1.54, 1.807) is 4.90 Å². The molecule has 3 amide bonds. The highest BCUT2D eigenvalue weighted by Gasteiger charge is 2.33. The van der Waals surface area contributed by atoms with E-state index in [1.807, 2.05) is 60.4 Å². The summed E-state index contributed by atoms with van der Waals surface area (Å²) >= 11 is 0. The number of fused-ring (bicyclic) bond motifs is 1. The number of benzene rings is 2. The van der Waals surface area contributed by atoms with Gasteiger partial charge in [-0.05, 0) is 56.0 Å². The molecule has 0 spiro atoms. The highest BCUT2D eigenvalue weighted by molar-refractivity contribution is 5.94. The van der Waals surface area contributed by atoms with Crippen LogP contribution in [-0.4, -0.2) is 49.2 Å². The minimum absolute atomic E-state index is 0.0122. The Labute approximate surface area is 195 Å². The zero-order valence-corrected chi connectivity index (χ0v) is 19.5. The number of para-hydroxylation sites is 2. The van der Waals surface area contributed by atoms with Gasteiger partial charge in [0.2, 0.25) is 5.91 Å². The molecule has 0 aromatic heterocycles. The normalized spacial score (nSPS) is 18.3. The number of hydrogen-bond acceptors (Lipinski definition) is 4. The molecule has 0 aliphatic carbocycles. The number of nitrogens with one attached hydrogen (secondary N) is 1. The zero-order chi connectivity index (χ0) is 23.2. The molecule has 1 N–H and O–H groups in total. The lowest BCUT2D eigenvalue weighted by Gasteiger charge is -2.39. The second kappa shape index (κ2) is 10.6. The molecule has 2 aromatic carbocycles. The van der Waals surface area contributed by atoms with Crippen molar-refractivity contribution in [3.05, 3.63) is 54.1 Å². The predicted octanol–water partition coefficient (Wildman–Crippen LogP) is 4.21. The van der Waals surface area contributed by atoms with E-state index in [0.29, 0.717) is 45.6 Å². The first-order valence-electron chi connectivity index (χ1n) is 11.9. The van der Waals surface area contributed by atoms with Crippen LogP contribution >= 0.6 is 0 Å². The van der Waals surface area contributed by atoms with Crippen molar-refractivity contribution in [2.24, 2.45) is 5.92 Å². The highest BCUT2D eigenvalue weighted by Crippen LogP contribution is 2.34. The summed E-state index contributed by atoms with van der Waals surface area (Å²) in [6, 6.07) is 15.5. The van der Waals surface area contributed by atoms with Crippen molar-refractivity contribution in [1.82, 2.24) is 10.2 Å². The number of ether oxygens (including phenoxy) is 2. The molecule has 33 heavy (non-hydrogen) atoms. The lowest BCUT2D eigenvalue weighted by molar-refractivity contribution is -0.126. The molecule has 1 fully saturated rings. The molecule has 7 nitrogen and oxygen atoms in total. The maximum Gasteiger partial charge on any atom is 0.324 e. The van der Waals surface area contributed by atoms with Crippen molar-refractivity contribution < 1.29 is 19.1 Å². The van der Waals surface area contributed by atoms with Crippen LogP contribution in [0, 0.1) is 5.92 Å². The maximum absolute atomic E-state index is 13.2. The fourth-order valence-corrected chi connectivity index (χ4v) is 4.33. The predicted molar refractivity (Wildman–Crippen MR) is 128 cm³/mol. The van der Waals surface area contributed by atoms with E-state index in [1.165, 1.54) is 0 Å². The van der Waals surface area contributed by atoms with Gasteiger partial charge in [-0.25, -0.2) is 4.79 Å². The number of amides is 3. The number of rotatable bonds is 6. The minimum Gasteiger partial charge on any atom is -0.494 e. The van der Waals surface area contributed by atoms with Crippen LogP contribution in [0.1, 0.15) is 38.7 Å². The van der Waals surface area contributed by atoms with E-state index in [-0.39, 0.29) is 24.0 Å². The SMILES string of the molecule is CCCOc1ccc(CNC(=O)C2CCN(C(=O)N3CC(C)Oc4ccccc43)CC2)cc1. The van der Waals surface area contributed by atoms with Crippen LogP contribution in [0.15, 0.2) is 48.5 Å². The Morgan fingerprint density at radius 3 is 2.55 bits per heavy atom. The summed E-state index contributed by atoms with van der Waals surface area (Å²) < 4.78 is 11.5. The lowest BCUT2D eigenvalue weighted by Crippen LogP contribution is -2.52. The van der Waals surface area contributed by atoms with Gasteiger partial charge in [0.05, 0.1) is 18.8 Å². The van der Waals surface area contributed by atoms with E-state index in [4.69, 9.17) is 9.47 Å². The van der Waals surface area contributed by atoms with E-state index < -0.39 is 0 Å². The quantitative estimate of drug-likeness (QED) is 0.714. The van der Waals surface area contributed by atoms with Gasteiger partial charge >= 0.3 is 6.03 Å². The monoisotopic (exact) mass is 451 g/mol. The number of piperidine rings is 1. The highest BCUT2D eigenvalue weighted by atomic mass is 16.5. The molecule has 2 heterocycles. The summed E-state index contributed by atoms with van der Waals surface area (Å²) in [5, 5.41) is 3.05. The van der Waals surface area contributed by atoms with Crippen LogP contribution in [0.5, 0.6) is 11.5 Å². The molecule has 7 heteroatoms. The topological polar surface area (TPSA) is 71.1 Å². The second-order valence-electron chi connectivity index (χ2n) is 8.76. The smallest absolute Gasteiger partial charge is 0.324 e. The lowest BCUT2D eigenvalue weighted by atomic mass is 9.96. The van der Waals surface area contributed by atoms with Gasteiger partial charge in [-0.1, -0.05) is 31.2 Å². The number of nitrogens with zero attached hydrogens (tertiary/aromatic N) is 2. The fourth-order valence-electron chi connectivity index (χ4n) is 4.33. The Bertz CT molecular complexity index is 954. The third-order valence-corrected chi connectivity index (χ3v) is 6.15. The molecule has 1 atom stereocenters. The third kappa shape index (κ3) is 5.59. The first kappa shape index (κ1) is 23.0. The summed E-state index contributed by atoms with van der Waals surface area (Å²) in [6.07, 6.45) is 2.26. The van der Waals surface area contributed by atoms with Crippen molar-refractivity contribution in [3.63, 3.8) is 0 Å². The Morgan fingerprint density at radius 2 is 1.82 bits per heavy atom. The van der Waals surface area contributed by atoms with Crippen LogP contribution in [0.3, 0.4) is 0 Å². The Morgan fingerprint density at radius 1 is 1.09 bits per heavy atom. The minimum atomic E-state index is -0.0721. The fraction of sp³-hybridized carbons (Fsp3) is 0.462. The molecule has 1 saturated heterocycles. The first-order valence-corrected chi connectivity index (χ1v) is 11.9. The van der Waals surface area contributed by atoms with Crippen LogP contribution in [0.4, 0.5) is 10.5 Å². The van der Waals surface area contributed by atoms with Gasteiger partial charge < -0.3 is 19.7 Å². The molecule has 0 bridgehead atoms. The molecule has 1 unspecified atom stereocenters. The first-order chi connectivity index (χ1) is 16.0. The van der Waals surface area contributed by atoms with Gasteiger partial charge in [-0.3, -0.25) is 9.69 Å². The van der Waals surface area contributed by atoms with Crippen molar-refractivity contribution >= 4 is 17.6 Å². The molecular weight excluding hydrogens is 418 g/mol. The Kier molecular flexibility index (Phi) is 7.37. The average molecular weight is 452 g/mol. The summed E-state index contributed by atoms with van der Waals surface area (Å²) in [5.41, 5.74) is 1.85. The number of urea groups is 1. The van der Waals surface area contributed by atoms with Crippen LogP contribution in [-0.2, 0) is 11.3 Å². The van der Waals surface area contributed by atoms with Crippen LogP contribution < -0.4 is 19.7 Å². The van der Waals surface area contributed by atoms with Gasteiger partial charge in [-0.2, -0.15) is 0 Å². The molecule has 4 rings (SSSR count). The van der Waals surface area contributed by atoms with Gasteiger partial charge in [0.25, 0.3) is 0 Å². The summed E-state index contributed by atoms with van der Waals surface area (Å²) in [6.45, 7) is 6.93. The summed E-state index contributed by atoms with van der Waals surface area (Å²) in [7, 11) is 0. The molecule has 0 saturated carbocycles. The van der Waals surface area contributed by atoms with E-state index in [0.717, 1.165) is 29.2 Å². The van der Waals surface area contributed by atoms with Crippen LogP contribution in [0.2, 0.25) is 0 Å². The second-order valence-corrected chi connectivity index (χ2v) is 8.76. The zero-order valence-electron chi connectivity index (χ0n) is 19.5. The molecule has 2 aromatic rings. The third-order valence-electron chi connectivity index (χ3n) is 6.15. The van der Waals surface area contributed by atoms with Crippen molar-refractivity contribution in [2.45, 2.75) is 45.8 Å².